The minimum Gasteiger partial charge on any atom is -0.493 e. The van der Waals surface area contributed by atoms with Crippen LogP contribution in [0.5, 0.6) is 5.75 Å². The summed E-state index contributed by atoms with van der Waals surface area (Å²) >= 11 is 2.45. The minimum atomic E-state index is -0.297. The van der Waals surface area contributed by atoms with Crippen LogP contribution in [0.15, 0.2) is 24.3 Å². The van der Waals surface area contributed by atoms with E-state index >= 15 is 0 Å². The molecule has 2 unspecified atom stereocenters. The Bertz CT molecular complexity index is 375. The van der Waals surface area contributed by atoms with Crippen molar-refractivity contribution in [3.63, 3.8) is 0 Å². The second kappa shape index (κ2) is 7.19. The number of nitrogens with one attached hydrogen (secondary N) is 1. The highest BCUT2D eigenvalue weighted by molar-refractivity contribution is 14.2. The van der Waals surface area contributed by atoms with Crippen LogP contribution >= 0.6 is 27.5 Å². The number of hydrazine groups is 1. The number of nitrogen functional groups attached to an aromatic ring is 1. The maximum Gasteiger partial charge on any atom is 0.265 e. The summed E-state index contributed by atoms with van der Waals surface area (Å²) in [5.41, 5.74) is 3.16. The summed E-state index contributed by atoms with van der Waals surface area (Å²) in [6.45, 7) is 2.88. The lowest BCUT2D eigenvalue weighted by Gasteiger charge is -2.15. The number of carbonyl (C=O) groups is 1. The monoisotopic (exact) mass is 364 g/mol. The molecule has 0 fully saturated rings. The summed E-state index contributed by atoms with van der Waals surface area (Å²) in [6, 6.07) is 6.95. The summed E-state index contributed by atoms with van der Waals surface area (Å²) in [5.74, 6) is 5.52. The lowest BCUT2D eigenvalue weighted by atomic mass is 10.2. The van der Waals surface area contributed by atoms with Gasteiger partial charge in [-0.25, -0.2) is 5.84 Å². The number of benzene rings is 1. The van der Waals surface area contributed by atoms with Crippen molar-refractivity contribution in [3.05, 3.63) is 29.8 Å². The molecule has 0 bridgehead atoms. The first-order valence-electron chi connectivity index (χ1n) is 5.17. The van der Waals surface area contributed by atoms with Crippen LogP contribution in [-0.4, -0.2) is 25.7 Å². The summed E-state index contributed by atoms with van der Waals surface area (Å²) < 4.78 is 5.65. The Morgan fingerprint density at radius 1 is 1.59 bits per heavy atom. The summed E-state index contributed by atoms with van der Waals surface area (Å²) in [7, 11) is 2.22. The van der Waals surface area contributed by atoms with E-state index < -0.39 is 0 Å². The van der Waals surface area contributed by atoms with Crippen LogP contribution in [0.3, 0.4) is 0 Å². The van der Waals surface area contributed by atoms with Crippen LogP contribution in [0.2, 0.25) is 0 Å². The Hall–Kier alpha value is -0.325. The molecule has 1 aromatic rings. The van der Waals surface area contributed by atoms with Crippen molar-refractivity contribution in [3.8, 4) is 5.75 Å². The molecule has 0 heterocycles. The Balaban J connectivity index is 2.54. The molecule has 1 amide bonds. The minimum absolute atomic E-state index is 0.0127. The quantitative estimate of drug-likeness (QED) is 0.208. The molecule has 1 aromatic carbocycles. The molecule has 0 spiro atoms. The number of hydrogen-bond acceptors (Lipinski definition) is 3. The van der Waals surface area contributed by atoms with Gasteiger partial charge in [-0.1, -0.05) is 34.4 Å². The molecule has 92 valence electrons. The van der Waals surface area contributed by atoms with Crippen molar-refractivity contribution < 1.29 is 9.53 Å². The van der Waals surface area contributed by atoms with Crippen LogP contribution in [0.25, 0.3) is 0 Å². The van der Waals surface area contributed by atoms with E-state index in [4.69, 9.17) is 10.6 Å². The zero-order chi connectivity index (χ0) is 12.8. The van der Waals surface area contributed by atoms with E-state index in [-0.39, 0.29) is 11.3 Å². The highest BCUT2D eigenvalue weighted by Gasteiger charge is 2.09. The number of carbonyl (C=O) groups excluding carboxylic acids is 1. The average Bonchev–Trinajstić information content (AvgIpc) is 2.35. The third-order valence-electron chi connectivity index (χ3n) is 2.35. The van der Waals surface area contributed by atoms with Crippen LogP contribution in [0, 0.1) is 0 Å². The topological polar surface area (TPSA) is 64.3 Å². The van der Waals surface area contributed by atoms with Gasteiger partial charge < -0.3 is 4.74 Å². The fourth-order valence-corrected chi connectivity index (χ4v) is 1.87. The van der Waals surface area contributed by atoms with E-state index in [1.807, 2.05) is 0 Å². The van der Waals surface area contributed by atoms with Crippen LogP contribution in [0.1, 0.15) is 17.3 Å². The van der Waals surface area contributed by atoms with Gasteiger partial charge in [0.25, 0.3) is 5.91 Å². The van der Waals surface area contributed by atoms with E-state index in [2.05, 4.69) is 42.0 Å². The number of nitrogens with two attached hydrogens (primary N) is 1. The Kier molecular flexibility index (Phi) is 6.23. The maximum absolute atomic E-state index is 11.2. The molecule has 17 heavy (non-hydrogen) atoms. The molecule has 0 aromatic heterocycles. The average molecular weight is 364 g/mol. The molecular weight excluding hydrogens is 349 g/mol. The highest BCUT2D eigenvalue weighted by atomic mass is 127. The van der Waals surface area contributed by atoms with Gasteiger partial charge in [0.15, 0.2) is 0 Å². The van der Waals surface area contributed by atoms with Crippen molar-refractivity contribution >= 4 is 41.0 Å². The fraction of sp³-hybridized carbons (Fsp3) is 0.300. The SMILES string of the molecule is BP(I)C(C)COc1ccc(C(=O)NN)cc1. The van der Waals surface area contributed by atoms with E-state index in [0.717, 1.165) is 5.75 Å². The van der Waals surface area contributed by atoms with Crippen molar-refractivity contribution in [1.29, 1.82) is 0 Å². The van der Waals surface area contributed by atoms with Gasteiger partial charge in [-0.2, -0.15) is 0 Å². The molecular formula is C10H15BIN2O2P. The standard InChI is InChI=1S/C10H15BIN2O2P/c1-7(17(11)12)6-16-9-4-2-8(3-5-9)10(15)14-13/h2-5,7H,6,11,13H2,1H3,(H,14,15). The highest BCUT2D eigenvalue weighted by Crippen LogP contribution is 2.44. The first-order valence-corrected chi connectivity index (χ1v) is 9.81. The largest absolute Gasteiger partial charge is 0.493 e. The number of rotatable bonds is 5. The number of amides is 1. The molecule has 0 radical (unpaired) electrons. The maximum atomic E-state index is 11.2. The third kappa shape index (κ3) is 4.81. The van der Waals surface area contributed by atoms with Gasteiger partial charge in [0.2, 0.25) is 0 Å². The van der Waals surface area contributed by atoms with Gasteiger partial charge >= 0.3 is 0 Å². The van der Waals surface area contributed by atoms with Crippen molar-refractivity contribution in [1.82, 2.24) is 5.43 Å². The first kappa shape index (κ1) is 14.7. The predicted octanol–water partition coefficient (Wildman–Crippen LogP) is 1.44. The molecule has 1 rings (SSSR count). The fourth-order valence-electron chi connectivity index (χ4n) is 1.11. The van der Waals surface area contributed by atoms with E-state index in [1.54, 1.807) is 24.3 Å². The van der Waals surface area contributed by atoms with Crippen molar-refractivity contribution in [2.45, 2.75) is 12.6 Å². The lowest BCUT2D eigenvalue weighted by Crippen LogP contribution is -2.29. The second-order valence-electron chi connectivity index (χ2n) is 3.68. The predicted molar refractivity (Wildman–Crippen MR) is 82.5 cm³/mol. The third-order valence-corrected chi connectivity index (χ3v) is 6.56. The normalized spacial score (nSPS) is 13.8. The van der Waals surface area contributed by atoms with Gasteiger partial charge in [-0.3, -0.25) is 10.2 Å². The molecule has 4 nitrogen and oxygen atoms in total. The lowest BCUT2D eigenvalue weighted by molar-refractivity contribution is 0.0953. The van der Waals surface area contributed by atoms with Gasteiger partial charge in [-0.15, -0.1) is 0 Å². The molecule has 0 aliphatic rings. The molecule has 0 saturated heterocycles. The Morgan fingerprint density at radius 2 is 2.18 bits per heavy atom. The zero-order valence-electron chi connectivity index (χ0n) is 9.81. The summed E-state index contributed by atoms with van der Waals surface area (Å²) in [6.07, 6.45) is 0. The molecule has 7 heteroatoms. The summed E-state index contributed by atoms with van der Waals surface area (Å²) in [5, 5.41) is 0. The number of ether oxygens (including phenoxy) is 1. The Morgan fingerprint density at radius 3 is 2.65 bits per heavy atom. The zero-order valence-corrected chi connectivity index (χ0v) is 12.9. The van der Waals surface area contributed by atoms with Crippen molar-refractivity contribution in [2.75, 3.05) is 6.61 Å². The van der Waals surface area contributed by atoms with E-state index in [1.165, 1.54) is 0 Å². The smallest absolute Gasteiger partial charge is 0.265 e. The molecule has 0 aliphatic carbocycles. The Labute approximate surface area is 116 Å². The van der Waals surface area contributed by atoms with Crippen LogP contribution in [-0.2, 0) is 0 Å². The molecule has 0 aliphatic heterocycles. The molecule has 2 atom stereocenters. The van der Waals surface area contributed by atoms with E-state index in [0.29, 0.717) is 17.8 Å². The number of halogens is 1. The molecule has 0 saturated carbocycles. The van der Waals surface area contributed by atoms with E-state index in [9.17, 15) is 4.79 Å². The van der Waals surface area contributed by atoms with Crippen LogP contribution in [0.4, 0.5) is 0 Å². The van der Waals surface area contributed by atoms with Gasteiger partial charge in [-0.05, 0) is 24.3 Å². The first-order chi connectivity index (χ1) is 8.04. The number of hydrogen-bond donors (Lipinski definition) is 2. The second-order valence-corrected chi connectivity index (χ2v) is 10.2. The van der Waals surface area contributed by atoms with Gasteiger partial charge in [0, 0.05) is 11.2 Å². The molecule has 3 N–H and O–H groups in total. The van der Waals surface area contributed by atoms with Gasteiger partial charge in [0.05, 0.1) is 6.61 Å². The van der Waals surface area contributed by atoms with Crippen molar-refractivity contribution in [2.24, 2.45) is 5.84 Å². The van der Waals surface area contributed by atoms with Gasteiger partial charge in [0.1, 0.15) is 13.3 Å². The van der Waals surface area contributed by atoms with Crippen LogP contribution < -0.4 is 16.0 Å². The summed E-state index contributed by atoms with van der Waals surface area (Å²) in [4.78, 5) is 11.2.